The molecule has 1 amide bonds. The monoisotopic (exact) mass is 375 g/mol. The summed E-state index contributed by atoms with van der Waals surface area (Å²) < 4.78 is 10.7. The second-order valence-corrected chi connectivity index (χ2v) is 6.96. The second kappa shape index (κ2) is 8.68. The van der Waals surface area contributed by atoms with Gasteiger partial charge in [-0.15, -0.1) is 21.5 Å². The van der Waals surface area contributed by atoms with E-state index in [0.29, 0.717) is 17.7 Å². The Balaban J connectivity index is 1.39. The number of nitrogens with zero attached hydrogens (tertiary/aromatic N) is 2. The summed E-state index contributed by atoms with van der Waals surface area (Å²) >= 11 is 2.77. The third kappa shape index (κ3) is 5.07. The number of thiophene rings is 1. The van der Waals surface area contributed by atoms with Crippen LogP contribution in [0.2, 0.25) is 0 Å². The van der Waals surface area contributed by atoms with Crippen molar-refractivity contribution in [2.75, 3.05) is 19.4 Å². The Bertz CT molecular complexity index is 801. The highest BCUT2D eigenvalue weighted by molar-refractivity contribution is 7.99. The Morgan fingerprint density at radius 3 is 2.84 bits per heavy atom. The van der Waals surface area contributed by atoms with E-state index in [1.807, 2.05) is 41.8 Å². The predicted octanol–water partition coefficient (Wildman–Crippen LogP) is 3.26. The van der Waals surface area contributed by atoms with Gasteiger partial charge in [0.15, 0.2) is 0 Å². The van der Waals surface area contributed by atoms with E-state index in [-0.39, 0.29) is 11.7 Å². The topological polar surface area (TPSA) is 77.2 Å². The number of nitrogens with one attached hydrogen (secondary N) is 1. The number of methoxy groups -OCH3 is 1. The van der Waals surface area contributed by atoms with Gasteiger partial charge in [0.2, 0.25) is 5.91 Å². The van der Waals surface area contributed by atoms with Crippen molar-refractivity contribution >= 4 is 29.0 Å². The van der Waals surface area contributed by atoms with Crippen LogP contribution in [0.4, 0.5) is 0 Å². The third-order valence-electron chi connectivity index (χ3n) is 3.36. The molecule has 2 aromatic heterocycles. The number of benzene rings is 1. The van der Waals surface area contributed by atoms with Gasteiger partial charge in [0, 0.05) is 6.54 Å². The summed E-state index contributed by atoms with van der Waals surface area (Å²) in [6.45, 7) is 0.579. The minimum Gasteiger partial charge on any atom is -0.497 e. The van der Waals surface area contributed by atoms with E-state index in [9.17, 15) is 4.79 Å². The van der Waals surface area contributed by atoms with Crippen LogP contribution in [0.15, 0.2) is 51.4 Å². The lowest BCUT2D eigenvalue weighted by Crippen LogP contribution is -2.27. The van der Waals surface area contributed by atoms with Gasteiger partial charge in [0.25, 0.3) is 11.1 Å². The molecular weight excluding hydrogens is 358 g/mol. The SMILES string of the molecule is COc1ccc(CCNC(=O)CSc2nnc(-c3cccs3)o2)cc1. The molecule has 0 unspecified atom stereocenters. The number of rotatable bonds is 8. The number of carbonyl (C=O) groups is 1. The summed E-state index contributed by atoms with van der Waals surface area (Å²) in [7, 11) is 1.64. The van der Waals surface area contributed by atoms with Crippen molar-refractivity contribution in [3.8, 4) is 16.5 Å². The summed E-state index contributed by atoms with van der Waals surface area (Å²) in [6, 6.07) is 11.6. The highest BCUT2D eigenvalue weighted by atomic mass is 32.2. The van der Waals surface area contributed by atoms with Gasteiger partial charge < -0.3 is 14.5 Å². The van der Waals surface area contributed by atoms with Gasteiger partial charge in [-0.2, -0.15) is 0 Å². The average molecular weight is 375 g/mol. The van der Waals surface area contributed by atoms with E-state index in [1.165, 1.54) is 23.1 Å². The zero-order chi connectivity index (χ0) is 17.5. The normalized spacial score (nSPS) is 10.6. The first kappa shape index (κ1) is 17.5. The minimum absolute atomic E-state index is 0.0608. The van der Waals surface area contributed by atoms with Crippen LogP contribution in [0.5, 0.6) is 5.75 Å². The van der Waals surface area contributed by atoms with Gasteiger partial charge in [0.05, 0.1) is 17.7 Å². The first-order valence-electron chi connectivity index (χ1n) is 7.64. The van der Waals surface area contributed by atoms with Crippen molar-refractivity contribution in [2.24, 2.45) is 0 Å². The van der Waals surface area contributed by atoms with E-state index in [1.54, 1.807) is 7.11 Å². The van der Waals surface area contributed by atoms with Crippen LogP contribution in [0.3, 0.4) is 0 Å². The average Bonchev–Trinajstić information content (AvgIpc) is 3.32. The number of amides is 1. The molecule has 0 saturated carbocycles. The molecule has 0 fully saturated rings. The van der Waals surface area contributed by atoms with Crippen molar-refractivity contribution in [1.82, 2.24) is 15.5 Å². The minimum atomic E-state index is -0.0608. The maximum absolute atomic E-state index is 11.9. The van der Waals surface area contributed by atoms with E-state index in [0.717, 1.165) is 22.6 Å². The van der Waals surface area contributed by atoms with E-state index in [2.05, 4.69) is 15.5 Å². The molecule has 6 nitrogen and oxygen atoms in total. The van der Waals surface area contributed by atoms with E-state index >= 15 is 0 Å². The van der Waals surface area contributed by atoms with Crippen LogP contribution in [0.1, 0.15) is 5.56 Å². The van der Waals surface area contributed by atoms with Crippen LogP contribution in [-0.4, -0.2) is 35.5 Å². The number of ether oxygens (including phenoxy) is 1. The fraction of sp³-hybridized carbons (Fsp3) is 0.235. The number of carbonyl (C=O) groups excluding carboxylic acids is 1. The zero-order valence-corrected chi connectivity index (χ0v) is 15.2. The smallest absolute Gasteiger partial charge is 0.277 e. The molecule has 1 N–H and O–H groups in total. The Kier molecular flexibility index (Phi) is 6.08. The molecule has 25 heavy (non-hydrogen) atoms. The molecule has 0 saturated heterocycles. The summed E-state index contributed by atoms with van der Waals surface area (Å²) in [4.78, 5) is 12.8. The number of hydrogen-bond donors (Lipinski definition) is 1. The van der Waals surface area contributed by atoms with Crippen LogP contribution >= 0.6 is 23.1 Å². The molecule has 3 aromatic rings. The maximum Gasteiger partial charge on any atom is 0.277 e. The summed E-state index contributed by atoms with van der Waals surface area (Å²) in [5, 5.41) is 13.2. The van der Waals surface area contributed by atoms with Crippen LogP contribution < -0.4 is 10.1 Å². The highest BCUT2D eigenvalue weighted by Gasteiger charge is 2.11. The Labute approximate surface area is 153 Å². The summed E-state index contributed by atoms with van der Waals surface area (Å²) in [6.07, 6.45) is 0.767. The van der Waals surface area contributed by atoms with Gasteiger partial charge in [-0.25, -0.2) is 0 Å². The molecule has 0 aliphatic rings. The van der Waals surface area contributed by atoms with Crippen molar-refractivity contribution in [1.29, 1.82) is 0 Å². The Morgan fingerprint density at radius 1 is 1.28 bits per heavy atom. The molecule has 0 atom stereocenters. The summed E-state index contributed by atoms with van der Waals surface area (Å²) in [5.74, 6) is 1.49. The molecule has 0 spiro atoms. The van der Waals surface area contributed by atoms with Crippen molar-refractivity contribution in [3.05, 3.63) is 47.3 Å². The highest BCUT2D eigenvalue weighted by Crippen LogP contribution is 2.26. The number of aromatic nitrogens is 2. The predicted molar refractivity (Wildman–Crippen MR) is 98.0 cm³/mol. The fourth-order valence-corrected chi connectivity index (χ4v) is 3.32. The third-order valence-corrected chi connectivity index (χ3v) is 5.04. The maximum atomic E-state index is 11.9. The summed E-state index contributed by atoms with van der Waals surface area (Å²) in [5.41, 5.74) is 1.14. The standard InChI is InChI=1S/C17H17N3O3S2/c1-22-13-6-4-12(5-7-13)8-9-18-15(21)11-25-17-20-19-16(23-17)14-3-2-10-24-14/h2-7,10H,8-9,11H2,1H3,(H,18,21). The van der Waals surface area contributed by atoms with Crippen LogP contribution in [0, 0.1) is 0 Å². The first-order chi connectivity index (χ1) is 12.2. The van der Waals surface area contributed by atoms with E-state index < -0.39 is 0 Å². The molecule has 0 aliphatic carbocycles. The molecule has 0 radical (unpaired) electrons. The quantitative estimate of drug-likeness (QED) is 0.609. The van der Waals surface area contributed by atoms with Crippen LogP contribution in [-0.2, 0) is 11.2 Å². The van der Waals surface area contributed by atoms with Crippen LogP contribution in [0.25, 0.3) is 10.8 Å². The molecule has 8 heteroatoms. The fourth-order valence-electron chi connectivity index (χ4n) is 2.08. The molecule has 130 valence electrons. The molecular formula is C17H17N3O3S2. The first-order valence-corrected chi connectivity index (χ1v) is 9.51. The molecule has 0 aliphatic heterocycles. The lowest BCUT2D eigenvalue weighted by molar-refractivity contribution is -0.118. The lowest BCUT2D eigenvalue weighted by atomic mass is 10.1. The zero-order valence-electron chi connectivity index (χ0n) is 13.6. The van der Waals surface area contributed by atoms with Gasteiger partial charge in [-0.1, -0.05) is 30.0 Å². The molecule has 0 bridgehead atoms. The molecule has 1 aromatic carbocycles. The molecule has 3 rings (SSSR count). The Hall–Kier alpha value is -2.32. The second-order valence-electron chi connectivity index (χ2n) is 5.09. The lowest BCUT2D eigenvalue weighted by Gasteiger charge is -2.05. The van der Waals surface area contributed by atoms with Gasteiger partial charge in [-0.05, 0) is 35.6 Å². The molecule has 2 heterocycles. The number of hydrogen-bond acceptors (Lipinski definition) is 7. The number of thioether (sulfide) groups is 1. The van der Waals surface area contributed by atoms with E-state index in [4.69, 9.17) is 9.15 Å². The Morgan fingerprint density at radius 2 is 2.12 bits per heavy atom. The van der Waals surface area contributed by atoms with Gasteiger partial charge in [-0.3, -0.25) is 4.79 Å². The van der Waals surface area contributed by atoms with Crippen molar-refractivity contribution in [3.63, 3.8) is 0 Å². The van der Waals surface area contributed by atoms with Gasteiger partial charge >= 0.3 is 0 Å². The van der Waals surface area contributed by atoms with Crippen molar-refractivity contribution in [2.45, 2.75) is 11.6 Å². The van der Waals surface area contributed by atoms with Crippen molar-refractivity contribution < 1.29 is 13.9 Å². The van der Waals surface area contributed by atoms with Gasteiger partial charge in [0.1, 0.15) is 5.75 Å². The largest absolute Gasteiger partial charge is 0.497 e.